The largest absolute Gasteiger partial charge is 0.493 e. The monoisotopic (exact) mass is 439 g/mol. The number of carbonyl (C=O) groups excluding carboxylic acids is 1. The summed E-state index contributed by atoms with van der Waals surface area (Å²) in [5.74, 6) is 1.66. The maximum Gasteiger partial charge on any atom is 0.170 e. The van der Waals surface area contributed by atoms with Crippen LogP contribution in [0.1, 0.15) is 48.5 Å². The summed E-state index contributed by atoms with van der Waals surface area (Å²) in [4.78, 5) is 14.1. The molecule has 0 radical (unpaired) electrons. The third kappa shape index (κ3) is 4.21. The second-order valence-electron chi connectivity index (χ2n) is 8.89. The smallest absolute Gasteiger partial charge is 0.170 e. The molecule has 2 unspecified atom stereocenters. The number of rotatable bonds is 7. The molecule has 0 aromatic heterocycles. The lowest BCUT2D eigenvalue weighted by molar-refractivity contribution is -0.0436. The Labute approximate surface area is 190 Å². The van der Waals surface area contributed by atoms with Crippen LogP contribution in [0.3, 0.4) is 0 Å². The minimum atomic E-state index is -0.569. The van der Waals surface area contributed by atoms with Gasteiger partial charge in [-0.1, -0.05) is 18.2 Å². The van der Waals surface area contributed by atoms with Gasteiger partial charge in [-0.15, -0.1) is 0 Å². The minimum absolute atomic E-state index is 0.0118. The number of ether oxygens (including phenoxy) is 4. The Bertz CT molecular complexity index is 951. The molecular formula is C26H33NO5. The molecule has 1 spiro atoms. The van der Waals surface area contributed by atoms with Gasteiger partial charge in [0.05, 0.1) is 25.7 Å². The van der Waals surface area contributed by atoms with Crippen molar-refractivity contribution in [3.05, 3.63) is 53.6 Å². The number of hydrogen-bond acceptors (Lipinski definition) is 6. The Morgan fingerprint density at radius 2 is 1.88 bits per heavy atom. The van der Waals surface area contributed by atoms with Crippen molar-refractivity contribution >= 4 is 5.78 Å². The molecule has 32 heavy (non-hydrogen) atoms. The highest BCUT2D eigenvalue weighted by Gasteiger charge is 2.53. The quantitative estimate of drug-likeness (QED) is 0.652. The second-order valence-corrected chi connectivity index (χ2v) is 8.89. The van der Waals surface area contributed by atoms with Crippen molar-refractivity contribution in [3.8, 4) is 17.2 Å². The van der Waals surface area contributed by atoms with E-state index in [1.54, 1.807) is 20.3 Å². The molecule has 0 bridgehead atoms. The molecule has 6 nitrogen and oxygen atoms in total. The highest BCUT2D eigenvalue weighted by molar-refractivity contribution is 6.00. The van der Waals surface area contributed by atoms with Crippen LogP contribution in [0.25, 0.3) is 0 Å². The molecule has 2 heterocycles. The Morgan fingerprint density at radius 3 is 2.56 bits per heavy atom. The van der Waals surface area contributed by atoms with Crippen LogP contribution < -0.4 is 19.5 Å². The molecule has 2 aromatic carbocycles. The number of piperidine rings is 1. The molecule has 6 heteroatoms. The zero-order chi connectivity index (χ0) is 22.7. The van der Waals surface area contributed by atoms with Crippen molar-refractivity contribution in [2.45, 2.75) is 44.3 Å². The van der Waals surface area contributed by atoms with Crippen molar-refractivity contribution in [2.24, 2.45) is 5.92 Å². The summed E-state index contributed by atoms with van der Waals surface area (Å²) in [7, 11) is 3.29. The zero-order valence-electron chi connectivity index (χ0n) is 19.4. The van der Waals surface area contributed by atoms with Gasteiger partial charge in [-0.2, -0.15) is 0 Å². The van der Waals surface area contributed by atoms with Crippen LogP contribution in [-0.2, 0) is 4.74 Å². The third-order valence-electron chi connectivity index (χ3n) is 6.49. The second kappa shape index (κ2) is 9.51. The molecule has 2 aliphatic heterocycles. The molecule has 172 valence electrons. The van der Waals surface area contributed by atoms with Gasteiger partial charge >= 0.3 is 0 Å². The van der Waals surface area contributed by atoms with E-state index in [9.17, 15) is 4.79 Å². The number of hydrogen-bond donors (Lipinski definition) is 1. The fourth-order valence-corrected chi connectivity index (χ4v) is 5.11. The molecule has 0 amide bonds. The average molecular weight is 440 g/mol. The molecule has 1 N–H and O–H groups in total. The lowest BCUT2D eigenvalue weighted by Gasteiger charge is -2.49. The Morgan fingerprint density at radius 1 is 1.12 bits per heavy atom. The number of methoxy groups -OCH3 is 2. The van der Waals surface area contributed by atoms with Crippen molar-refractivity contribution in [2.75, 3.05) is 33.9 Å². The first-order chi connectivity index (χ1) is 15.5. The summed E-state index contributed by atoms with van der Waals surface area (Å²) in [6.45, 7) is 6.01. The maximum atomic E-state index is 14.1. The van der Waals surface area contributed by atoms with Gasteiger partial charge in [-0.25, -0.2) is 0 Å². The van der Waals surface area contributed by atoms with Gasteiger partial charge in [0.25, 0.3) is 0 Å². The molecule has 2 atom stereocenters. The summed E-state index contributed by atoms with van der Waals surface area (Å²) in [5.41, 5.74) is 1.06. The average Bonchev–Trinajstić information content (AvgIpc) is 2.79. The summed E-state index contributed by atoms with van der Waals surface area (Å²) in [6.07, 6.45) is 1.55. The van der Waals surface area contributed by atoms with E-state index in [4.69, 9.17) is 18.9 Å². The van der Waals surface area contributed by atoms with E-state index in [1.165, 1.54) is 0 Å². The van der Waals surface area contributed by atoms with Crippen LogP contribution >= 0.6 is 0 Å². The van der Waals surface area contributed by atoms with Crippen molar-refractivity contribution in [1.29, 1.82) is 0 Å². The fraction of sp³-hybridized carbons (Fsp3) is 0.500. The number of carbonyl (C=O) groups is 1. The number of nitrogens with one attached hydrogen (secondary N) is 1. The van der Waals surface area contributed by atoms with Crippen LogP contribution in [0.15, 0.2) is 42.5 Å². The van der Waals surface area contributed by atoms with Crippen LogP contribution in [0.2, 0.25) is 0 Å². The highest BCUT2D eigenvalue weighted by Crippen LogP contribution is 2.50. The van der Waals surface area contributed by atoms with Crippen molar-refractivity contribution in [1.82, 2.24) is 5.32 Å². The van der Waals surface area contributed by atoms with E-state index in [1.807, 2.05) is 50.2 Å². The summed E-state index contributed by atoms with van der Waals surface area (Å²) < 4.78 is 23.7. The molecule has 1 saturated heterocycles. The SMILES string of the molecule is COCC1c2ccccc2OC2(CCNCC2)C1C(=O)c1ccc(OC(C)C)c(OC)c1. The van der Waals surface area contributed by atoms with Crippen molar-refractivity contribution in [3.63, 3.8) is 0 Å². The van der Waals surface area contributed by atoms with Gasteiger partial charge in [0.1, 0.15) is 11.4 Å². The number of fused-ring (bicyclic) bond motifs is 1. The lowest BCUT2D eigenvalue weighted by Crippen LogP contribution is -2.58. The third-order valence-corrected chi connectivity index (χ3v) is 6.49. The first-order valence-electron chi connectivity index (χ1n) is 11.4. The molecule has 2 aliphatic rings. The zero-order valence-corrected chi connectivity index (χ0v) is 19.4. The van der Waals surface area contributed by atoms with Crippen LogP contribution in [0.4, 0.5) is 0 Å². The number of para-hydroxylation sites is 1. The Balaban J connectivity index is 1.78. The van der Waals surface area contributed by atoms with Gasteiger partial charge in [-0.3, -0.25) is 4.79 Å². The van der Waals surface area contributed by atoms with Gasteiger partial charge in [0, 0.05) is 37.0 Å². The molecular weight excluding hydrogens is 406 g/mol. The van der Waals surface area contributed by atoms with Crippen LogP contribution in [0, 0.1) is 5.92 Å². The topological polar surface area (TPSA) is 66.0 Å². The van der Waals surface area contributed by atoms with E-state index in [2.05, 4.69) is 5.32 Å². The lowest BCUT2D eigenvalue weighted by atomic mass is 9.66. The van der Waals surface area contributed by atoms with Gasteiger partial charge in [0.15, 0.2) is 17.3 Å². The van der Waals surface area contributed by atoms with E-state index >= 15 is 0 Å². The van der Waals surface area contributed by atoms with E-state index < -0.39 is 5.60 Å². The van der Waals surface area contributed by atoms with Crippen molar-refractivity contribution < 1.29 is 23.7 Å². The minimum Gasteiger partial charge on any atom is -0.493 e. The summed E-state index contributed by atoms with van der Waals surface area (Å²) in [6, 6.07) is 13.5. The highest BCUT2D eigenvalue weighted by atomic mass is 16.5. The molecule has 0 saturated carbocycles. The fourth-order valence-electron chi connectivity index (χ4n) is 5.11. The van der Waals surface area contributed by atoms with Gasteiger partial charge < -0.3 is 24.3 Å². The van der Waals surface area contributed by atoms with Crippen LogP contribution in [-0.4, -0.2) is 51.4 Å². The molecule has 4 rings (SSSR count). The predicted molar refractivity (Wildman–Crippen MR) is 123 cm³/mol. The molecule has 2 aromatic rings. The van der Waals surface area contributed by atoms with E-state index in [0.29, 0.717) is 23.7 Å². The van der Waals surface area contributed by atoms with Gasteiger partial charge in [-0.05, 0) is 51.2 Å². The number of ketones is 1. The Kier molecular flexibility index (Phi) is 6.72. The van der Waals surface area contributed by atoms with Gasteiger partial charge in [0.2, 0.25) is 0 Å². The van der Waals surface area contributed by atoms with E-state index in [0.717, 1.165) is 37.2 Å². The Hall–Kier alpha value is -2.57. The standard InChI is InChI=1S/C26H33NO5/c1-17(2)31-22-10-9-18(15-23(22)30-4)25(28)24-20(16-29-3)19-7-5-6-8-21(19)32-26(24)11-13-27-14-12-26/h5-10,15,17,20,24,27H,11-14,16H2,1-4H3. The molecule has 1 fully saturated rings. The summed E-state index contributed by atoms with van der Waals surface area (Å²) in [5, 5.41) is 3.41. The normalized spacial score (nSPS) is 21.7. The maximum absolute atomic E-state index is 14.1. The predicted octanol–water partition coefficient (Wildman–Crippen LogP) is 4.23. The number of benzene rings is 2. The van der Waals surface area contributed by atoms with Crippen LogP contribution in [0.5, 0.6) is 17.2 Å². The summed E-state index contributed by atoms with van der Waals surface area (Å²) >= 11 is 0. The first-order valence-corrected chi connectivity index (χ1v) is 11.4. The van der Waals surface area contributed by atoms with E-state index in [-0.39, 0.29) is 23.7 Å². The first kappa shape index (κ1) is 22.6. The number of Topliss-reactive ketones (excluding diaryl/α,β-unsaturated/α-hetero) is 1. The molecule has 0 aliphatic carbocycles.